The summed E-state index contributed by atoms with van der Waals surface area (Å²) in [7, 11) is 0. The van der Waals surface area contributed by atoms with Gasteiger partial charge in [-0.2, -0.15) is 0 Å². The number of hydrogen-bond donors (Lipinski definition) is 0. The van der Waals surface area contributed by atoms with E-state index in [9.17, 15) is 4.11 Å². The van der Waals surface area contributed by atoms with Gasteiger partial charge in [-0.3, -0.25) is 0 Å². The van der Waals surface area contributed by atoms with Gasteiger partial charge in [0.1, 0.15) is 11.2 Å². The van der Waals surface area contributed by atoms with Crippen LogP contribution in [-0.2, 0) is 0 Å². The highest BCUT2D eigenvalue weighted by molar-refractivity contribution is 6.28. The number of hydrogen-bond acceptors (Lipinski definition) is 1. The lowest BCUT2D eigenvalue weighted by Crippen LogP contribution is -1.93. The van der Waals surface area contributed by atoms with Gasteiger partial charge in [0.15, 0.2) is 0 Å². The normalized spacial score (nSPS) is 17.1. The first kappa shape index (κ1) is 14.8. The highest BCUT2D eigenvalue weighted by Gasteiger charge is 2.22. The zero-order valence-electron chi connectivity index (χ0n) is 44.3. The van der Waals surface area contributed by atoms with Gasteiger partial charge in [0.2, 0.25) is 0 Å². The van der Waals surface area contributed by atoms with E-state index >= 15 is 0 Å². The first-order valence-electron chi connectivity index (χ1n) is 24.8. The maximum Gasteiger partial charge on any atom is 0.143 e. The Morgan fingerprint density at radius 1 is 0.367 bits per heavy atom. The molecule has 0 N–H and O–H groups in total. The van der Waals surface area contributed by atoms with Crippen LogP contribution in [0.1, 0.15) is 26.0 Å². The van der Waals surface area contributed by atoms with Crippen LogP contribution in [0.4, 0.5) is 0 Å². The average molecular weight is 642 g/mol. The third kappa shape index (κ3) is 4.26. The molecular weight excluding hydrogens is 593 g/mol. The van der Waals surface area contributed by atoms with Crippen LogP contribution in [0.2, 0.25) is 0 Å². The predicted octanol–water partition coefficient (Wildman–Crippen LogP) is 13.7. The Morgan fingerprint density at radius 2 is 0.878 bits per heavy atom. The van der Waals surface area contributed by atoms with Crippen LogP contribution in [0.15, 0.2) is 186 Å². The minimum absolute atomic E-state index is 0.00725. The number of furan rings is 1. The second-order valence-electron chi connectivity index (χ2n) is 11.3. The van der Waals surface area contributed by atoms with Gasteiger partial charge < -0.3 is 4.42 Å². The van der Waals surface area contributed by atoms with E-state index in [-0.39, 0.29) is 55.0 Å². The lowest BCUT2D eigenvalue weighted by atomic mass is 9.83. The third-order valence-electron chi connectivity index (χ3n) is 8.77. The molecule has 228 valence electrons. The van der Waals surface area contributed by atoms with E-state index < -0.39 is 126 Å². The molecule has 0 unspecified atom stereocenters. The second-order valence-corrected chi connectivity index (χ2v) is 11.3. The molecule has 0 fully saturated rings. The quantitative estimate of drug-likeness (QED) is 0.174. The van der Waals surface area contributed by atoms with Crippen molar-refractivity contribution < 1.29 is 30.5 Å². The minimum atomic E-state index is -0.719. The van der Waals surface area contributed by atoms with E-state index in [4.69, 9.17) is 26.3 Å². The van der Waals surface area contributed by atoms with Gasteiger partial charge in [0.25, 0.3) is 0 Å². The van der Waals surface area contributed by atoms with E-state index in [1.54, 1.807) is 66.7 Å². The van der Waals surface area contributed by atoms with Gasteiger partial charge in [0.05, 0.1) is 26.0 Å². The summed E-state index contributed by atoms with van der Waals surface area (Å²) >= 11 is 0. The monoisotopic (exact) mass is 641 g/mol. The average Bonchev–Trinajstić information content (AvgIpc) is 3.74. The van der Waals surface area contributed by atoms with Crippen molar-refractivity contribution in [1.82, 2.24) is 0 Å². The van der Waals surface area contributed by atoms with Gasteiger partial charge in [-0.15, -0.1) is 0 Å². The van der Waals surface area contributed by atoms with Gasteiger partial charge in [-0.25, -0.2) is 0 Å². The van der Waals surface area contributed by atoms with E-state index in [1.807, 2.05) is 0 Å². The molecule has 1 aromatic heterocycles. The molecule has 1 heteroatoms. The summed E-state index contributed by atoms with van der Waals surface area (Å²) in [5.41, 5.74) is -0.422. The summed E-state index contributed by atoms with van der Waals surface area (Å²) in [6.07, 6.45) is 0. The molecule has 0 spiro atoms. The Morgan fingerprint density at radius 3 is 1.51 bits per heavy atom. The van der Waals surface area contributed by atoms with Crippen molar-refractivity contribution in [3.63, 3.8) is 0 Å². The SMILES string of the molecule is [2H]c1c([2H])c([2H])c(-c2c([2H])c([2H])c([2H])c([2H])c2-c2c3ccccc3c(-c3cccc4oc5c6c([2H])c([2H])c([2H])c([2H])c6c(-c6c([2H])c([2H])c([2H])c([2H])c6[2H])c([2H])c5c34)c3ccccc23)c([2H])c1[2H]. The predicted molar refractivity (Wildman–Crippen MR) is 208 cm³/mol. The van der Waals surface area contributed by atoms with Crippen molar-refractivity contribution in [3.05, 3.63) is 182 Å². The van der Waals surface area contributed by atoms with Crippen LogP contribution < -0.4 is 0 Å². The lowest BCUT2D eigenvalue weighted by Gasteiger charge is -2.20. The van der Waals surface area contributed by atoms with Crippen LogP contribution in [0.25, 0.3) is 98.8 Å². The highest BCUT2D eigenvalue weighted by Crippen LogP contribution is 2.49. The zero-order chi connectivity index (χ0) is 48.8. The van der Waals surface area contributed by atoms with Crippen LogP contribution in [0.5, 0.6) is 0 Å². The molecule has 9 aromatic carbocycles. The lowest BCUT2D eigenvalue weighted by molar-refractivity contribution is 0.673. The summed E-state index contributed by atoms with van der Waals surface area (Å²) in [6.45, 7) is 0. The third-order valence-corrected chi connectivity index (χ3v) is 8.77. The fraction of sp³-hybridized carbons (Fsp3) is 0. The molecule has 0 bridgehead atoms. The van der Waals surface area contributed by atoms with E-state index in [0.29, 0.717) is 32.7 Å². The standard InChI is InChI=1S/C48H30O/c1-3-16-31(17-4-1)33-20-7-9-22-35(33)45-36-23-10-12-25-38(36)46(39-26-13-11-24-37(39)45)41-28-15-29-44-47(41)43-30-42(32-18-5-2-6-19-32)34-21-8-14-27-40(34)48(43)49-44/h1-30H/i1D,2D,3D,4D,5D,6D,7D,8D,9D,14D,16D,17D,18D,19D,20D,21D,22D,27D,30D. The van der Waals surface area contributed by atoms with Crippen molar-refractivity contribution in [2.45, 2.75) is 0 Å². The maximum absolute atomic E-state index is 9.94. The topological polar surface area (TPSA) is 13.1 Å². The highest BCUT2D eigenvalue weighted by atomic mass is 16.3. The van der Waals surface area contributed by atoms with Crippen molar-refractivity contribution in [1.29, 1.82) is 0 Å². The van der Waals surface area contributed by atoms with E-state index in [2.05, 4.69) is 0 Å². The Bertz CT molecular complexity index is 3850. The number of benzene rings is 9. The largest absolute Gasteiger partial charge is 0.455 e. The van der Waals surface area contributed by atoms with E-state index in [1.165, 1.54) is 0 Å². The fourth-order valence-electron chi connectivity index (χ4n) is 6.82. The molecule has 0 radical (unpaired) electrons. The maximum atomic E-state index is 9.94. The second kappa shape index (κ2) is 11.1. The molecule has 0 aliphatic heterocycles. The Hall–Kier alpha value is -6.44. The minimum Gasteiger partial charge on any atom is -0.455 e. The van der Waals surface area contributed by atoms with Gasteiger partial charge >= 0.3 is 0 Å². The summed E-state index contributed by atoms with van der Waals surface area (Å²) in [5.74, 6) is 0. The van der Waals surface area contributed by atoms with Gasteiger partial charge in [0, 0.05) is 16.2 Å². The molecule has 0 atom stereocenters. The Balaban J connectivity index is 1.42. The van der Waals surface area contributed by atoms with Crippen molar-refractivity contribution in [2.75, 3.05) is 0 Å². The van der Waals surface area contributed by atoms with E-state index in [0.717, 1.165) is 0 Å². The summed E-state index contributed by atoms with van der Waals surface area (Å²) in [5, 5.41) is 1.60. The first-order valence-corrected chi connectivity index (χ1v) is 15.3. The Labute approximate surface area is 311 Å². The van der Waals surface area contributed by atoms with Crippen molar-refractivity contribution in [2.24, 2.45) is 0 Å². The molecular formula is C48H30O. The fourth-order valence-corrected chi connectivity index (χ4v) is 6.82. The molecule has 1 nitrogen and oxygen atoms in total. The molecule has 1 heterocycles. The molecule has 0 saturated carbocycles. The first-order chi connectivity index (χ1) is 32.2. The molecule has 10 rings (SSSR count). The number of fused-ring (bicyclic) bond motifs is 7. The molecule has 0 aliphatic carbocycles. The summed E-state index contributed by atoms with van der Waals surface area (Å²) in [6, 6.07) is 6.55. The molecule has 0 saturated heterocycles. The Kier molecular flexibility index (Phi) is 3.34. The van der Waals surface area contributed by atoms with Crippen molar-refractivity contribution in [3.8, 4) is 44.5 Å². The molecule has 49 heavy (non-hydrogen) atoms. The van der Waals surface area contributed by atoms with Crippen LogP contribution in [0, 0.1) is 0 Å². The van der Waals surface area contributed by atoms with Crippen LogP contribution in [0.3, 0.4) is 0 Å². The smallest absolute Gasteiger partial charge is 0.143 e. The van der Waals surface area contributed by atoms with Gasteiger partial charge in [-0.1, -0.05) is 169 Å². The summed E-state index contributed by atoms with van der Waals surface area (Å²) in [4.78, 5) is 0. The van der Waals surface area contributed by atoms with Crippen LogP contribution >= 0.6 is 0 Å². The molecule has 0 amide bonds. The number of rotatable bonds is 4. The van der Waals surface area contributed by atoms with Crippen molar-refractivity contribution >= 4 is 54.3 Å². The zero-order valence-corrected chi connectivity index (χ0v) is 25.3. The van der Waals surface area contributed by atoms with Gasteiger partial charge in [-0.05, 0) is 83.5 Å². The van der Waals surface area contributed by atoms with Crippen LogP contribution in [-0.4, -0.2) is 0 Å². The molecule has 0 aliphatic rings. The molecule has 10 aromatic rings. The summed E-state index contributed by atoms with van der Waals surface area (Å²) < 4.78 is 174.